The summed E-state index contributed by atoms with van der Waals surface area (Å²) in [6.45, 7) is 13.1. The van der Waals surface area contributed by atoms with Gasteiger partial charge in [-0.2, -0.15) is 0 Å². The molecule has 0 bridgehead atoms. The average molecular weight is 499 g/mol. The van der Waals surface area contributed by atoms with E-state index in [2.05, 4.69) is 33.8 Å². The van der Waals surface area contributed by atoms with Gasteiger partial charge in [0.05, 0.1) is 12.4 Å². The zero-order chi connectivity index (χ0) is 25.8. The molecule has 3 fully saturated rings. The molecule has 0 saturated heterocycles. The maximum absolute atomic E-state index is 11.5. The molecule has 3 saturated carbocycles. The molecule has 4 aliphatic carbocycles. The van der Waals surface area contributed by atoms with Gasteiger partial charge in [0.1, 0.15) is 12.2 Å². The summed E-state index contributed by atoms with van der Waals surface area (Å²) in [6, 6.07) is 0. The quantitative estimate of drug-likeness (QED) is 0.299. The van der Waals surface area contributed by atoms with Crippen LogP contribution in [0.15, 0.2) is 23.0 Å². The van der Waals surface area contributed by atoms with E-state index in [1.54, 1.807) is 5.57 Å². The Morgan fingerprint density at radius 2 is 1.92 bits per heavy atom. The first-order valence-electron chi connectivity index (χ1n) is 14.4. The van der Waals surface area contributed by atoms with Crippen molar-refractivity contribution in [3.05, 3.63) is 23.0 Å². The molecule has 5 aliphatic rings. The summed E-state index contributed by atoms with van der Waals surface area (Å²) >= 11 is 0. The third-order valence-electron chi connectivity index (χ3n) is 11.0. The van der Waals surface area contributed by atoms with Crippen LogP contribution >= 0.6 is 0 Å². The van der Waals surface area contributed by atoms with E-state index in [1.807, 2.05) is 0 Å². The highest BCUT2D eigenvalue weighted by Gasteiger charge is 2.63. The normalized spacial score (nSPS) is 41.8. The fourth-order valence-electron chi connectivity index (χ4n) is 9.27. The van der Waals surface area contributed by atoms with Crippen LogP contribution < -0.4 is 0 Å². The van der Waals surface area contributed by atoms with E-state index in [4.69, 9.17) is 14.2 Å². The van der Waals surface area contributed by atoms with Gasteiger partial charge in [-0.3, -0.25) is 9.59 Å². The number of fused-ring (bicyclic) bond motifs is 7. The lowest BCUT2D eigenvalue weighted by Gasteiger charge is -2.58. The first-order valence-corrected chi connectivity index (χ1v) is 14.4. The summed E-state index contributed by atoms with van der Waals surface area (Å²) in [6.07, 6.45) is 12.9. The van der Waals surface area contributed by atoms with Crippen LogP contribution in [-0.2, 0) is 23.8 Å². The predicted molar refractivity (Wildman–Crippen MR) is 139 cm³/mol. The van der Waals surface area contributed by atoms with E-state index < -0.39 is 0 Å². The number of esters is 2. The summed E-state index contributed by atoms with van der Waals surface area (Å²) in [5, 5.41) is 0. The number of rotatable bonds is 6. The second kappa shape index (κ2) is 9.51. The summed E-state index contributed by atoms with van der Waals surface area (Å²) in [7, 11) is 0. The van der Waals surface area contributed by atoms with Crippen molar-refractivity contribution in [2.45, 2.75) is 112 Å². The fraction of sp³-hybridized carbons (Fsp3) is 0.806. The van der Waals surface area contributed by atoms with Gasteiger partial charge in [0.2, 0.25) is 0 Å². The number of allylic oxidation sites excluding steroid dienone is 2. The minimum absolute atomic E-state index is 0.0643. The van der Waals surface area contributed by atoms with E-state index in [-0.39, 0.29) is 23.5 Å². The van der Waals surface area contributed by atoms with E-state index in [0.29, 0.717) is 35.9 Å². The third kappa shape index (κ3) is 4.32. The molecule has 5 rings (SSSR count). The number of carbonyl (C=O) groups is 2. The van der Waals surface area contributed by atoms with Gasteiger partial charge >= 0.3 is 11.9 Å². The Kier molecular flexibility index (Phi) is 6.83. The Hall–Kier alpha value is -1.78. The smallest absolute Gasteiger partial charge is 0.302 e. The number of hydrogen-bond donors (Lipinski definition) is 0. The number of hydrogen-bond acceptors (Lipinski definition) is 5. The van der Waals surface area contributed by atoms with Crippen LogP contribution in [0, 0.1) is 40.4 Å². The molecule has 0 aromatic rings. The number of ether oxygens (including phenoxy) is 3. The van der Waals surface area contributed by atoms with Crippen molar-refractivity contribution in [1.29, 1.82) is 0 Å². The zero-order valence-electron chi connectivity index (χ0n) is 23.2. The molecule has 0 N–H and O–H groups in total. The van der Waals surface area contributed by atoms with Crippen molar-refractivity contribution < 1.29 is 23.8 Å². The van der Waals surface area contributed by atoms with Gasteiger partial charge in [0, 0.05) is 32.6 Å². The Morgan fingerprint density at radius 3 is 2.64 bits per heavy atom. The molecule has 0 amide bonds. The van der Waals surface area contributed by atoms with E-state index >= 15 is 0 Å². The Morgan fingerprint density at radius 1 is 1.14 bits per heavy atom. The Bertz CT molecular complexity index is 964. The van der Waals surface area contributed by atoms with Crippen LogP contribution in [0.2, 0.25) is 0 Å². The van der Waals surface area contributed by atoms with Gasteiger partial charge in [-0.25, -0.2) is 0 Å². The molecule has 200 valence electrons. The highest BCUT2D eigenvalue weighted by molar-refractivity contribution is 5.66. The molecule has 1 heterocycles. The molecule has 0 radical (unpaired) electrons. The van der Waals surface area contributed by atoms with Gasteiger partial charge in [-0.1, -0.05) is 32.4 Å². The molecular formula is C31H46O5. The minimum Gasteiger partial charge on any atom is -0.494 e. The molecule has 36 heavy (non-hydrogen) atoms. The molecule has 5 nitrogen and oxygen atoms in total. The van der Waals surface area contributed by atoms with Gasteiger partial charge in [0.15, 0.2) is 0 Å². The predicted octanol–water partition coefficient (Wildman–Crippen LogP) is 6.76. The van der Waals surface area contributed by atoms with Crippen LogP contribution in [0.1, 0.15) is 99.3 Å². The fourth-order valence-corrected chi connectivity index (χ4v) is 9.27. The monoisotopic (exact) mass is 498 g/mol. The van der Waals surface area contributed by atoms with E-state index in [9.17, 15) is 9.59 Å². The van der Waals surface area contributed by atoms with Crippen LogP contribution in [0.3, 0.4) is 0 Å². The molecule has 0 aromatic heterocycles. The standard InChI is InChI=1S/C31H46O5/c1-18(17-34-20(3)32)7-10-27-19(2)29-28(36-27)16-26-24-9-8-22-15-23(35-21(4)33)11-13-30(22,5)25(24)12-14-31(26,29)6/h8,18,23-26,28-29H,7,9-17H2,1-6H3/t18?,23-,24?,25?,26?,28-,29-,30-,31-/m0/s1. The van der Waals surface area contributed by atoms with Gasteiger partial charge in [0.25, 0.3) is 0 Å². The first-order chi connectivity index (χ1) is 17.0. The number of carbonyl (C=O) groups excluding carboxylic acids is 2. The van der Waals surface area contributed by atoms with Crippen LogP contribution in [0.5, 0.6) is 0 Å². The Labute approximate surface area is 217 Å². The van der Waals surface area contributed by atoms with Crippen molar-refractivity contribution in [2.75, 3.05) is 6.61 Å². The molecule has 5 heteroatoms. The van der Waals surface area contributed by atoms with Crippen molar-refractivity contribution in [3.8, 4) is 0 Å². The topological polar surface area (TPSA) is 61.8 Å². The molecule has 4 unspecified atom stereocenters. The minimum atomic E-state index is -0.200. The lowest BCUT2D eigenvalue weighted by molar-refractivity contribution is -0.148. The van der Waals surface area contributed by atoms with Gasteiger partial charge in [-0.15, -0.1) is 0 Å². The SMILES string of the molecule is CC(=O)OCC(C)CCC1=C(C)[C@H]2[C@H](CC3C4CC=C5C[C@@H](OC(C)=O)CC[C@]5(C)C4CC[C@@]32C)O1. The second-order valence-corrected chi connectivity index (χ2v) is 13.2. The van der Waals surface area contributed by atoms with Crippen molar-refractivity contribution >= 4 is 11.9 Å². The molecule has 0 aromatic carbocycles. The average Bonchev–Trinajstić information content (AvgIpc) is 3.29. The van der Waals surface area contributed by atoms with Crippen LogP contribution in [0.4, 0.5) is 0 Å². The van der Waals surface area contributed by atoms with E-state index in [0.717, 1.165) is 43.9 Å². The summed E-state index contributed by atoms with van der Waals surface area (Å²) in [5.74, 6) is 3.93. The van der Waals surface area contributed by atoms with Crippen molar-refractivity contribution in [2.24, 2.45) is 40.4 Å². The largest absolute Gasteiger partial charge is 0.494 e. The Balaban J connectivity index is 1.29. The van der Waals surface area contributed by atoms with Crippen molar-refractivity contribution in [1.82, 2.24) is 0 Å². The highest BCUT2D eigenvalue weighted by Crippen LogP contribution is 2.69. The first kappa shape index (κ1) is 25.9. The van der Waals surface area contributed by atoms with Crippen LogP contribution in [0.25, 0.3) is 0 Å². The maximum Gasteiger partial charge on any atom is 0.302 e. The summed E-state index contributed by atoms with van der Waals surface area (Å²) < 4.78 is 17.5. The lowest BCUT2D eigenvalue weighted by atomic mass is 9.47. The van der Waals surface area contributed by atoms with Crippen molar-refractivity contribution in [3.63, 3.8) is 0 Å². The highest BCUT2D eigenvalue weighted by atomic mass is 16.5. The van der Waals surface area contributed by atoms with Gasteiger partial charge in [-0.05, 0) is 91.9 Å². The molecular weight excluding hydrogens is 452 g/mol. The molecule has 0 spiro atoms. The molecule has 1 aliphatic heterocycles. The van der Waals surface area contributed by atoms with E-state index in [1.165, 1.54) is 50.9 Å². The summed E-state index contributed by atoms with van der Waals surface area (Å²) in [4.78, 5) is 22.7. The maximum atomic E-state index is 11.5. The lowest BCUT2D eigenvalue weighted by Crippen LogP contribution is -2.50. The summed E-state index contributed by atoms with van der Waals surface area (Å²) in [5.41, 5.74) is 3.62. The second-order valence-electron chi connectivity index (χ2n) is 13.2. The van der Waals surface area contributed by atoms with Gasteiger partial charge < -0.3 is 14.2 Å². The third-order valence-corrected chi connectivity index (χ3v) is 11.0. The van der Waals surface area contributed by atoms with Crippen LogP contribution in [-0.4, -0.2) is 30.8 Å². The molecule has 9 atom stereocenters. The zero-order valence-corrected chi connectivity index (χ0v) is 23.2.